The summed E-state index contributed by atoms with van der Waals surface area (Å²) in [5.74, 6) is -2.65. The predicted molar refractivity (Wildman–Crippen MR) is 97.5 cm³/mol. The van der Waals surface area contributed by atoms with Crippen molar-refractivity contribution in [3.8, 4) is 0 Å². The summed E-state index contributed by atoms with van der Waals surface area (Å²) < 4.78 is 5.08. The zero-order valence-corrected chi connectivity index (χ0v) is 15.3. The van der Waals surface area contributed by atoms with Crippen LogP contribution in [0.1, 0.15) is 19.8 Å². The van der Waals surface area contributed by atoms with Crippen LogP contribution in [0, 0.1) is 11.8 Å². The van der Waals surface area contributed by atoms with Crippen LogP contribution in [0.15, 0.2) is 42.5 Å². The molecule has 2 aliphatic rings. The number of ether oxygens (including phenoxy) is 1. The van der Waals surface area contributed by atoms with Gasteiger partial charge in [-0.2, -0.15) is 0 Å². The SMILES string of the molecule is C[C@@H](C(=O)OCC(=O)N(C)c1ccccc1)N1C(=O)[C@H]2CC=CC[C@H]2C1=O. The van der Waals surface area contributed by atoms with E-state index < -0.39 is 36.4 Å². The van der Waals surface area contributed by atoms with Crippen molar-refractivity contribution in [1.29, 1.82) is 0 Å². The molecule has 0 N–H and O–H groups in total. The molecule has 27 heavy (non-hydrogen) atoms. The van der Waals surface area contributed by atoms with Crippen LogP contribution < -0.4 is 4.90 Å². The maximum Gasteiger partial charge on any atom is 0.329 e. The summed E-state index contributed by atoms with van der Waals surface area (Å²) >= 11 is 0. The molecule has 3 rings (SSSR count). The van der Waals surface area contributed by atoms with Crippen molar-refractivity contribution in [2.45, 2.75) is 25.8 Å². The van der Waals surface area contributed by atoms with Crippen LogP contribution in [0.4, 0.5) is 5.69 Å². The molecule has 3 amide bonds. The fourth-order valence-corrected chi connectivity index (χ4v) is 3.46. The number of likely N-dealkylation sites (N-methyl/N-ethyl adjacent to an activating group) is 1. The number of carbonyl (C=O) groups is 4. The van der Waals surface area contributed by atoms with E-state index in [0.29, 0.717) is 18.5 Å². The van der Waals surface area contributed by atoms with E-state index >= 15 is 0 Å². The molecule has 0 radical (unpaired) electrons. The van der Waals surface area contributed by atoms with Gasteiger partial charge in [-0.3, -0.25) is 19.3 Å². The van der Waals surface area contributed by atoms with E-state index in [-0.39, 0.29) is 11.8 Å². The lowest BCUT2D eigenvalue weighted by atomic mass is 9.85. The van der Waals surface area contributed by atoms with E-state index in [1.165, 1.54) is 11.8 Å². The van der Waals surface area contributed by atoms with Crippen LogP contribution in [0.2, 0.25) is 0 Å². The standard InChI is InChI=1S/C20H22N2O5/c1-13(22-18(24)15-10-6-7-11-16(15)19(22)25)20(26)27-12-17(23)21(2)14-8-4-3-5-9-14/h3-9,13,15-16H,10-12H2,1-2H3/t13-,15-,16+/m0/s1. The molecule has 1 aliphatic carbocycles. The Morgan fingerprint density at radius 1 is 1.11 bits per heavy atom. The number of anilines is 1. The highest BCUT2D eigenvalue weighted by Gasteiger charge is 2.50. The van der Waals surface area contributed by atoms with E-state index in [4.69, 9.17) is 4.74 Å². The lowest BCUT2D eigenvalue weighted by Crippen LogP contribution is -2.45. The molecule has 1 saturated heterocycles. The Morgan fingerprint density at radius 2 is 1.67 bits per heavy atom. The average molecular weight is 370 g/mol. The Balaban J connectivity index is 1.59. The number of rotatable bonds is 5. The predicted octanol–water partition coefficient (Wildman–Crippen LogP) is 1.53. The second kappa shape index (κ2) is 7.73. The van der Waals surface area contributed by atoms with Crippen LogP contribution in [0.3, 0.4) is 0 Å². The van der Waals surface area contributed by atoms with Gasteiger partial charge in [-0.1, -0.05) is 30.4 Å². The number of nitrogens with zero attached hydrogens (tertiary/aromatic N) is 2. The first-order valence-electron chi connectivity index (χ1n) is 8.92. The zero-order valence-electron chi connectivity index (χ0n) is 15.3. The minimum absolute atomic E-state index is 0.341. The number of para-hydroxylation sites is 1. The van der Waals surface area contributed by atoms with Crippen molar-refractivity contribution in [2.24, 2.45) is 11.8 Å². The van der Waals surface area contributed by atoms with Gasteiger partial charge in [0.25, 0.3) is 5.91 Å². The topological polar surface area (TPSA) is 84.0 Å². The Bertz CT molecular complexity index is 763. The van der Waals surface area contributed by atoms with Gasteiger partial charge in [-0.15, -0.1) is 0 Å². The molecule has 1 aromatic carbocycles. The number of fused-ring (bicyclic) bond motifs is 1. The number of likely N-dealkylation sites (tertiary alicyclic amines) is 1. The van der Waals surface area contributed by atoms with Gasteiger partial charge in [0.2, 0.25) is 11.8 Å². The third kappa shape index (κ3) is 3.63. The first-order valence-corrected chi connectivity index (χ1v) is 8.92. The molecule has 3 atom stereocenters. The molecule has 0 unspecified atom stereocenters. The molecule has 7 nitrogen and oxygen atoms in total. The Kier molecular flexibility index (Phi) is 5.39. The van der Waals surface area contributed by atoms with Gasteiger partial charge >= 0.3 is 5.97 Å². The smallest absolute Gasteiger partial charge is 0.329 e. The van der Waals surface area contributed by atoms with Crippen molar-refractivity contribution in [3.05, 3.63) is 42.5 Å². The summed E-state index contributed by atoms with van der Waals surface area (Å²) in [7, 11) is 1.58. The molecule has 1 fully saturated rings. The summed E-state index contributed by atoms with van der Waals surface area (Å²) in [6, 6.07) is 7.91. The van der Waals surface area contributed by atoms with Crippen molar-refractivity contribution >= 4 is 29.4 Å². The largest absolute Gasteiger partial charge is 0.454 e. The number of allylic oxidation sites excluding steroid dienone is 2. The lowest BCUT2D eigenvalue weighted by molar-refractivity contribution is -0.159. The number of hydrogen-bond acceptors (Lipinski definition) is 5. The molecule has 1 aliphatic heterocycles. The highest BCUT2D eigenvalue weighted by molar-refractivity contribution is 6.08. The third-order valence-electron chi connectivity index (χ3n) is 5.13. The summed E-state index contributed by atoms with van der Waals surface area (Å²) in [5.41, 5.74) is 0.674. The highest BCUT2D eigenvalue weighted by atomic mass is 16.5. The zero-order chi connectivity index (χ0) is 19.6. The molecular formula is C20H22N2O5. The van der Waals surface area contributed by atoms with Crippen molar-refractivity contribution in [2.75, 3.05) is 18.6 Å². The number of imide groups is 1. The van der Waals surface area contributed by atoms with E-state index in [2.05, 4.69) is 0 Å². The van der Waals surface area contributed by atoms with Gasteiger partial charge in [0.15, 0.2) is 6.61 Å². The van der Waals surface area contributed by atoms with Crippen LogP contribution in [-0.2, 0) is 23.9 Å². The second-order valence-corrected chi connectivity index (χ2v) is 6.77. The van der Waals surface area contributed by atoms with Gasteiger partial charge in [0.1, 0.15) is 6.04 Å². The summed E-state index contributed by atoms with van der Waals surface area (Å²) in [5, 5.41) is 0. The van der Waals surface area contributed by atoms with Crippen LogP contribution >= 0.6 is 0 Å². The first kappa shape index (κ1) is 18.8. The Hall–Kier alpha value is -2.96. The quantitative estimate of drug-likeness (QED) is 0.446. The maximum absolute atomic E-state index is 12.5. The number of benzene rings is 1. The number of hydrogen-bond donors (Lipinski definition) is 0. The Morgan fingerprint density at radius 3 is 2.22 bits per heavy atom. The van der Waals surface area contributed by atoms with Crippen LogP contribution in [0.25, 0.3) is 0 Å². The molecule has 7 heteroatoms. The monoisotopic (exact) mass is 370 g/mol. The highest BCUT2D eigenvalue weighted by Crippen LogP contribution is 2.36. The van der Waals surface area contributed by atoms with Crippen molar-refractivity contribution < 1.29 is 23.9 Å². The van der Waals surface area contributed by atoms with Gasteiger partial charge in [0.05, 0.1) is 11.8 Å². The fraction of sp³-hybridized carbons (Fsp3) is 0.400. The van der Waals surface area contributed by atoms with Crippen LogP contribution in [-0.4, -0.2) is 48.3 Å². The van der Waals surface area contributed by atoms with Gasteiger partial charge < -0.3 is 9.64 Å². The van der Waals surface area contributed by atoms with E-state index in [1.807, 2.05) is 18.2 Å². The second-order valence-electron chi connectivity index (χ2n) is 6.77. The normalized spacial score (nSPS) is 22.4. The number of amides is 3. The number of esters is 1. The average Bonchev–Trinajstić information content (AvgIpc) is 2.96. The van der Waals surface area contributed by atoms with E-state index in [1.54, 1.807) is 31.3 Å². The van der Waals surface area contributed by atoms with Gasteiger partial charge in [-0.25, -0.2) is 4.79 Å². The maximum atomic E-state index is 12.5. The molecule has 1 heterocycles. The fourth-order valence-electron chi connectivity index (χ4n) is 3.46. The molecule has 0 spiro atoms. The number of carbonyl (C=O) groups excluding carboxylic acids is 4. The van der Waals surface area contributed by atoms with Crippen LogP contribution in [0.5, 0.6) is 0 Å². The molecule has 0 aromatic heterocycles. The van der Waals surface area contributed by atoms with Gasteiger partial charge in [0, 0.05) is 12.7 Å². The van der Waals surface area contributed by atoms with Crippen molar-refractivity contribution in [3.63, 3.8) is 0 Å². The van der Waals surface area contributed by atoms with Crippen molar-refractivity contribution in [1.82, 2.24) is 4.90 Å². The van der Waals surface area contributed by atoms with E-state index in [0.717, 1.165) is 4.90 Å². The Labute approximate surface area is 157 Å². The lowest BCUT2D eigenvalue weighted by Gasteiger charge is -2.22. The molecule has 0 saturated carbocycles. The summed E-state index contributed by atoms with van der Waals surface area (Å²) in [4.78, 5) is 52.0. The first-order chi connectivity index (χ1) is 12.9. The minimum atomic E-state index is -1.05. The minimum Gasteiger partial charge on any atom is -0.454 e. The van der Waals surface area contributed by atoms with Gasteiger partial charge in [-0.05, 0) is 31.9 Å². The third-order valence-corrected chi connectivity index (χ3v) is 5.13. The molecule has 1 aromatic rings. The van der Waals surface area contributed by atoms with E-state index in [9.17, 15) is 19.2 Å². The molecule has 142 valence electrons. The molecular weight excluding hydrogens is 348 g/mol. The summed E-state index contributed by atoms with van der Waals surface area (Å²) in [6.07, 6.45) is 4.79. The summed E-state index contributed by atoms with van der Waals surface area (Å²) in [6.45, 7) is 0.994. The molecule has 0 bridgehead atoms.